The predicted molar refractivity (Wildman–Crippen MR) is 469 cm³/mol. The molecule has 5 heterocycles. The van der Waals surface area contributed by atoms with Crippen LogP contribution in [-0.4, -0.2) is 283 Å². The molecule has 0 unspecified atom stereocenters. The van der Waals surface area contributed by atoms with E-state index in [9.17, 15) is 71.9 Å². The number of nitrogens with two attached hydrogens (primary N) is 2. The number of hydrogen-bond acceptors (Lipinski definition) is 19. The fourth-order valence-corrected chi connectivity index (χ4v) is 16.1. The topological polar surface area (TPSA) is 539 Å². The first-order valence-corrected chi connectivity index (χ1v) is 43.7. The van der Waals surface area contributed by atoms with Crippen molar-refractivity contribution in [3.05, 3.63) is 126 Å². The number of unbranched alkanes of at least 4 members (excludes halogenated alkanes) is 2. The number of rotatable bonds is 22. The number of benzene rings is 3. The van der Waals surface area contributed by atoms with Crippen molar-refractivity contribution in [3.8, 4) is 0 Å². The molecule has 682 valence electrons. The number of thioether (sulfide) groups is 1. The van der Waals surface area contributed by atoms with Crippen LogP contribution in [0.2, 0.25) is 0 Å². The number of hydrogen-bond donors (Lipinski definition) is 15. The number of para-hydroxylation sites is 2. The fraction of sp³-hybridized carbons (Fsp3) is 0.517. The summed E-state index contributed by atoms with van der Waals surface area (Å²) in [6.07, 6.45) is 6.63. The number of nitrogens with one attached hydrogen (secondary N) is 13. The molecule has 3 aromatic heterocycles. The van der Waals surface area contributed by atoms with Gasteiger partial charge in [-0.1, -0.05) is 120 Å². The van der Waals surface area contributed by atoms with E-state index < -0.39 is 211 Å². The molecule has 39 heteroatoms. The number of imidazole rings is 1. The van der Waals surface area contributed by atoms with E-state index in [4.69, 9.17) is 11.5 Å². The van der Waals surface area contributed by atoms with E-state index in [1.54, 1.807) is 74.8 Å². The molecule has 0 radical (unpaired) electrons. The van der Waals surface area contributed by atoms with Crippen LogP contribution < -0.4 is 64.6 Å². The van der Waals surface area contributed by atoms with Crippen LogP contribution >= 0.6 is 11.8 Å². The van der Waals surface area contributed by atoms with E-state index in [2.05, 4.69) is 73.1 Å². The summed E-state index contributed by atoms with van der Waals surface area (Å²) in [4.78, 5) is 264. The maximum Gasteiger partial charge on any atom is 0.246 e. The number of aromatic nitrogens is 4. The third-order valence-electron chi connectivity index (χ3n) is 22.4. The number of primary amides is 2. The summed E-state index contributed by atoms with van der Waals surface area (Å²) in [6, 6.07) is 5.13. The Balaban J connectivity index is 1.14. The first kappa shape index (κ1) is 98.7. The summed E-state index contributed by atoms with van der Waals surface area (Å²) in [5.74, 6) is -14.8. The molecule has 2 fully saturated rings. The van der Waals surface area contributed by atoms with Gasteiger partial charge in [0.2, 0.25) is 100 Å². The summed E-state index contributed by atoms with van der Waals surface area (Å²) >= 11 is 0.936. The smallest absolute Gasteiger partial charge is 0.246 e. The largest absolute Gasteiger partial charge is 0.370 e. The minimum Gasteiger partial charge on any atom is -0.370 e. The molecule has 17 amide bonds. The second-order valence-electron chi connectivity index (χ2n) is 32.7. The van der Waals surface area contributed by atoms with Crippen LogP contribution in [0, 0.1) is 5.92 Å². The first-order chi connectivity index (χ1) is 60.0. The second-order valence-corrected chi connectivity index (χ2v) is 33.8. The second kappa shape index (κ2) is 47.4. The Kier molecular flexibility index (Phi) is 37.1. The number of carbonyl (C=O) groups is 17. The lowest BCUT2D eigenvalue weighted by Crippen LogP contribution is -2.60. The number of fused-ring (bicyclic) bond motifs is 3. The van der Waals surface area contributed by atoms with Crippen LogP contribution in [0.15, 0.2) is 104 Å². The molecule has 0 saturated carbocycles. The summed E-state index contributed by atoms with van der Waals surface area (Å²) in [5, 5.41) is 28.4. The van der Waals surface area contributed by atoms with Gasteiger partial charge in [-0.25, -0.2) is 4.98 Å². The van der Waals surface area contributed by atoms with E-state index in [1.807, 2.05) is 44.2 Å². The van der Waals surface area contributed by atoms with Crippen LogP contribution in [0.5, 0.6) is 0 Å². The molecule has 2 aliphatic rings. The van der Waals surface area contributed by atoms with Crippen molar-refractivity contribution in [1.82, 2.24) is 97.6 Å². The normalized spacial score (nSPS) is 24.1. The van der Waals surface area contributed by atoms with Gasteiger partial charge in [0.15, 0.2) is 0 Å². The van der Waals surface area contributed by atoms with Crippen LogP contribution in [0.4, 0.5) is 0 Å². The van der Waals surface area contributed by atoms with Gasteiger partial charge in [0.25, 0.3) is 0 Å². The molecule has 2 saturated heterocycles. The molecule has 6 aromatic rings. The monoisotopic (exact) mass is 1760 g/mol. The highest BCUT2D eigenvalue weighted by atomic mass is 32.2. The van der Waals surface area contributed by atoms with Crippen molar-refractivity contribution in [2.24, 2.45) is 17.4 Å². The maximum atomic E-state index is 15.5. The minimum absolute atomic E-state index is 0.00740. The lowest BCUT2D eigenvalue weighted by Gasteiger charge is -2.36. The Morgan fingerprint density at radius 2 is 1.05 bits per heavy atom. The van der Waals surface area contributed by atoms with E-state index in [-0.39, 0.29) is 76.0 Å². The zero-order valence-electron chi connectivity index (χ0n) is 73.2. The highest BCUT2D eigenvalue weighted by Crippen LogP contribution is 2.26. The average Bonchev–Trinajstić information content (AvgIpc) is 1.28. The maximum absolute atomic E-state index is 15.5. The summed E-state index contributed by atoms with van der Waals surface area (Å²) < 4.78 is 0. The molecule has 8 rings (SSSR count). The highest BCUT2D eigenvalue weighted by Gasteiger charge is 2.44. The molecule has 0 aliphatic carbocycles. The zero-order chi connectivity index (χ0) is 92.2. The van der Waals surface area contributed by atoms with E-state index >= 15 is 9.59 Å². The third kappa shape index (κ3) is 28.2. The summed E-state index contributed by atoms with van der Waals surface area (Å²) in [7, 11) is 5.42. The van der Waals surface area contributed by atoms with Crippen LogP contribution in [0.3, 0.4) is 0 Å². The van der Waals surface area contributed by atoms with Gasteiger partial charge in [0.1, 0.15) is 72.5 Å². The lowest BCUT2D eigenvalue weighted by atomic mass is 10.00. The van der Waals surface area contributed by atoms with Crippen molar-refractivity contribution >= 4 is 134 Å². The van der Waals surface area contributed by atoms with Crippen LogP contribution in [0.25, 0.3) is 21.8 Å². The first-order valence-electron chi connectivity index (χ1n) is 42.6. The Hall–Kier alpha value is -12.7. The number of H-pyrrole nitrogens is 3. The molecule has 126 heavy (non-hydrogen) atoms. The Bertz CT molecular complexity index is 4850. The van der Waals surface area contributed by atoms with E-state index in [0.717, 1.165) is 26.5 Å². The van der Waals surface area contributed by atoms with Crippen molar-refractivity contribution in [1.29, 1.82) is 0 Å². The molecule has 3 aromatic carbocycles. The third-order valence-corrected chi connectivity index (χ3v) is 23.5. The predicted octanol–water partition coefficient (Wildman–Crippen LogP) is 0.0365. The van der Waals surface area contributed by atoms with Crippen molar-refractivity contribution < 1.29 is 81.5 Å². The molecule has 17 N–H and O–H groups in total. The summed E-state index contributed by atoms with van der Waals surface area (Å²) in [6.45, 7) is 10.1. The number of likely N-dealkylation sites (N-methyl/N-ethyl adjacent to an activating group) is 4. The number of nitrogens with zero attached hydrogens (tertiary/aromatic N) is 6. The Morgan fingerprint density at radius 1 is 0.516 bits per heavy atom. The SMILES string of the molecule is CCCC[C@H]1C(=O)N(C)[C@@H](CCCC)C(=O)N[C@@H](C)C(=O)N[C@H](CC(=O)NCC(N)=O)CSCC(=O)N[C@@H](Cc2ccccc2)C(=O)N(C)[C@@H](C)C(=O)N[C@@H](CC(N)=O)C(=O)N2CCC[C@H]2C(=O)N[C@@H](Cc2cnc[nH]2)C(=O)N[C@@H](CC(C)C)C(=O)N(C)CC(=O)N[C@@H](Cc2c[nH]c3ccccc23)C(=O)N[C@H](C)C(=O)N[C@@H](Cc2c[nH]c3ccccc23)C(=O)N1C. The highest BCUT2D eigenvalue weighted by molar-refractivity contribution is 8.00. The molecule has 38 nitrogen and oxygen atoms in total. The molecule has 13 atom stereocenters. The molecule has 0 bridgehead atoms. The van der Waals surface area contributed by atoms with Gasteiger partial charge < -0.3 is 104 Å². The van der Waals surface area contributed by atoms with Gasteiger partial charge >= 0.3 is 0 Å². The van der Waals surface area contributed by atoms with Crippen molar-refractivity contribution in [2.45, 2.75) is 223 Å². The molecule has 0 spiro atoms. The average molecular weight is 1770 g/mol. The summed E-state index contributed by atoms with van der Waals surface area (Å²) in [5.41, 5.74) is 14.6. The zero-order valence-corrected chi connectivity index (χ0v) is 74.0. The van der Waals surface area contributed by atoms with Crippen LogP contribution in [0.1, 0.15) is 141 Å². The lowest BCUT2D eigenvalue weighted by molar-refractivity contribution is -0.149. The molecule has 2 aliphatic heterocycles. The van der Waals surface area contributed by atoms with Gasteiger partial charge in [0.05, 0.1) is 31.6 Å². The van der Waals surface area contributed by atoms with Gasteiger partial charge in [-0.05, 0) is 87.6 Å². The molecular formula is C87H121N21O17S. The minimum atomic E-state index is -1.71. The Labute approximate surface area is 735 Å². The van der Waals surface area contributed by atoms with Crippen molar-refractivity contribution in [2.75, 3.05) is 59.3 Å². The molecular weight excluding hydrogens is 1640 g/mol. The van der Waals surface area contributed by atoms with E-state index in [1.165, 1.54) is 71.3 Å². The standard InChI is InChI=1S/C87H121N21O17S/c1-12-14-30-68-81(119)96-50(5)76(114)97-57(39-73(111)93-44-72(89)110)46-126-47-75(113)99-65(35-53-24-17-16-18-25-53)84(122)105(9)52(7)78(116)102-67(40-71(88)109)86(124)108-33-23-32-69(108)82(120)100-63(38-56-43-90-48-94-56)80(118)103-64(34-49(3)4)83(121)104(8)45-74(112)98-62(36-54-41-91-60-28-21-19-26-58(54)60)79(117)95-51(6)77(115)101-66(37-55-42-92-61-29-22-20-27-59(55)61)85(123)107(11)70(31-15-13-2)87(125)106(68)10/h16-22,24-29,41-43,48-52,57,62-70,91-92H,12-15,23,30-40,44-47H2,1-11H3,(H2,88,109)(H2,89,110)(H,90,94)(H,93,111)(H,95,117)(H,96,119)(H,97,114)(H,98,112)(H,99,113)(H,100,120)(H,101,115)(H,102,116)(H,103,118)/t50-,51+,52-,57+,62-,63-,64-,65-,66-,67-,68-,69-,70-/m0/s1. The van der Waals surface area contributed by atoms with Gasteiger partial charge in [0, 0.05) is 125 Å². The van der Waals surface area contributed by atoms with Gasteiger partial charge in [-0.15, -0.1) is 11.8 Å². The van der Waals surface area contributed by atoms with Gasteiger partial charge in [-0.2, -0.15) is 0 Å². The van der Waals surface area contributed by atoms with Crippen molar-refractivity contribution in [3.63, 3.8) is 0 Å². The quantitative estimate of drug-likeness (QED) is 0.0426. The number of carbonyl (C=O) groups excluding carboxylic acids is 17. The Morgan fingerprint density at radius 3 is 1.65 bits per heavy atom. The number of aromatic amines is 3. The number of amides is 17. The van der Waals surface area contributed by atoms with Gasteiger partial charge in [-0.3, -0.25) is 81.5 Å². The van der Waals surface area contributed by atoms with Crippen LogP contribution in [-0.2, 0) is 107 Å². The van der Waals surface area contributed by atoms with E-state index in [0.29, 0.717) is 69.9 Å². The fourth-order valence-electron chi connectivity index (χ4n) is 15.3.